The molecular weight excluding hydrogens is 372 g/mol. The van der Waals surface area contributed by atoms with E-state index in [1.165, 1.54) is 11.1 Å². The second kappa shape index (κ2) is 9.92. The number of amides is 2. The second-order valence-corrected chi connectivity index (χ2v) is 8.72. The van der Waals surface area contributed by atoms with Crippen LogP contribution in [0.2, 0.25) is 0 Å². The van der Waals surface area contributed by atoms with Crippen LogP contribution in [0, 0.1) is 11.8 Å². The lowest BCUT2D eigenvalue weighted by Crippen LogP contribution is -2.44. The van der Waals surface area contributed by atoms with E-state index < -0.39 is 0 Å². The molecule has 1 aliphatic carbocycles. The molecule has 0 bridgehead atoms. The molecule has 2 fully saturated rings. The molecule has 158 valence electrons. The molecular formula is C26H32N2O2. The maximum absolute atomic E-state index is 13.0. The van der Waals surface area contributed by atoms with Crippen LogP contribution in [0.3, 0.4) is 0 Å². The molecule has 0 spiro atoms. The Morgan fingerprint density at radius 3 is 2.13 bits per heavy atom. The fourth-order valence-corrected chi connectivity index (χ4v) is 4.40. The molecule has 1 aliphatic heterocycles. The van der Waals surface area contributed by atoms with Gasteiger partial charge < -0.3 is 10.2 Å². The van der Waals surface area contributed by atoms with Gasteiger partial charge in [-0.25, -0.2) is 0 Å². The highest BCUT2D eigenvalue weighted by Crippen LogP contribution is 2.32. The lowest BCUT2D eigenvalue weighted by Gasteiger charge is -2.32. The van der Waals surface area contributed by atoms with Crippen LogP contribution < -0.4 is 5.32 Å². The zero-order valence-electron chi connectivity index (χ0n) is 17.6. The van der Waals surface area contributed by atoms with E-state index >= 15 is 0 Å². The normalized spacial score (nSPS) is 18.1. The Balaban J connectivity index is 1.31. The molecule has 4 nitrogen and oxygen atoms in total. The molecule has 30 heavy (non-hydrogen) atoms. The van der Waals surface area contributed by atoms with Crippen molar-refractivity contribution in [1.29, 1.82) is 0 Å². The van der Waals surface area contributed by atoms with Gasteiger partial charge >= 0.3 is 0 Å². The zero-order chi connectivity index (χ0) is 20.8. The summed E-state index contributed by atoms with van der Waals surface area (Å²) in [6.45, 7) is 1.44. The Hall–Kier alpha value is -2.62. The van der Waals surface area contributed by atoms with Crippen LogP contribution in [0.4, 0.5) is 0 Å². The SMILES string of the molecule is O=C(NC(CCCc1ccccc1)c1ccccc1)C1CCN(C(=O)C2CC2)CC1. The Kier molecular flexibility index (Phi) is 6.83. The van der Waals surface area contributed by atoms with Crippen molar-refractivity contribution >= 4 is 11.8 Å². The second-order valence-electron chi connectivity index (χ2n) is 8.72. The molecule has 1 heterocycles. The summed E-state index contributed by atoms with van der Waals surface area (Å²) in [4.78, 5) is 27.3. The van der Waals surface area contributed by atoms with Gasteiger partial charge in [-0.3, -0.25) is 9.59 Å². The fourth-order valence-electron chi connectivity index (χ4n) is 4.40. The topological polar surface area (TPSA) is 49.4 Å². The monoisotopic (exact) mass is 404 g/mol. The summed E-state index contributed by atoms with van der Waals surface area (Å²) in [5, 5.41) is 3.33. The first kappa shape index (κ1) is 20.6. The summed E-state index contributed by atoms with van der Waals surface area (Å²) in [6.07, 6.45) is 6.59. The van der Waals surface area contributed by atoms with Crippen LogP contribution in [-0.2, 0) is 16.0 Å². The van der Waals surface area contributed by atoms with Gasteiger partial charge in [0.1, 0.15) is 0 Å². The summed E-state index contributed by atoms with van der Waals surface area (Å²) < 4.78 is 0. The van der Waals surface area contributed by atoms with Crippen molar-refractivity contribution in [2.24, 2.45) is 11.8 Å². The molecule has 2 aromatic carbocycles. The molecule has 1 N–H and O–H groups in total. The third kappa shape index (κ3) is 5.50. The summed E-state index contributed by atoms with van der Waals surface area (Å²) in [5.41, 5.74) is 2.50. The molecule has 4 rings (SSSR count). The number of carbonyl (C=O) groups is 2. The maximum atomic E-state index is 13.0. The first-order valence-electron chi connectivity index (χ1n) is 11.4. The zero-order valence-corrected chi connectivity index (χ0v) is 17.6. The van der Waals surface area contributed by atoms with Gasteiger partial charge in [-0.2, -0.15) is 0 Å². The standard InChI is InChI=1S/C26H32N2O2/c29-25(22-16-18-28(19-17-22)26(30)23-14-15-23)27-24(21-11-5-2-6-12-21)13-7-10-20-8-3-1-4-9-20/h1-6,8-9,11-12,22-24H,7,10,13-19H2,(H,27,29). The van der Waals surface area contributed by atoms with E-state index in [1.54, 1.807) is 0 Å². The lowest BCUT2D eigenvalue weighted by molar-refractivity contribution is -0.136. The largest absolute Gasteiger partial charge is 0.349 e. The number of aryl methyl sites for hydroxylation is 1. The van der Waals surface area contributed by atoms with Crippen molar-refractivity contribution in [3.8, 4) is 0 Å². The summed E-state index contributed by atoms with van der Waals surface area (Å²) in [5.74, 6) is 0.718. The highest BCUT2D eigenvalue weighted by Gasteiger charge is 2.36. The molecule has 4 heteroatoms. The predicted octanol–water partition coefficient (Wildman–Crippen LogP) is 4.52. The molecule has 2 aliphatic rings. The number of hydrogen-bond donors (Lipinski definition) is 1. The van der Waals surface area contributed by atoms with E-state index in [0.29, 0.717) is 5.91 Å². The third-order valence-electron chi connectivity index (χ3n) is 6.42. The highest BCUT2D eigenvalue weighted by molar-refractivity contribution is 5.82. The van der Waals surface area contributed by atoms with Gasteiger partial charge in [-0.15, -0.1) is 0 Å². The number of hydrogen-bond acceptors (Lipinski definition) is 2. The Labute approximate surface area is 179 Å². The average Bonchev–Trinajstić information content (AvgIpc) is 3.65. The molecule has 2 amide bonds. The first-order chi connectivity index (χ1) is 14.7. The number of nitrogens with one attached hydrogen (secondary N) is 1. The number of nitrogens with zero attached hydrogens (tertiary/aromatic N) is 1. The highest BCUT2D eigenvalue weighted by atomic mass is 16.2. The van der Waals surface area contributed by atoms with Crippen LogP contribution in [-0.4, -0.2) is 29.8 Å². The van der Waals surface area contributed by atoms with Crippen molar-refractivity contribution in [2.75, 3.05) is 13.1 Å². The lowest BCUT2D eigenvalue weighted by atomic mass is 9.93. The van der Waals surface area contributed by atoms with E-state index in [2.05, 4.69) is 41.7 Å². The van der Waals surface area contributed by atoms with Crippen LogP contribution in [0.5, 0.6) is 0 Å². The van der Waals surface area contributed by atoms with Gasteiger partial charge in [0, 0.05) is 24.9 Å². The Morgan fingerprint density at radius 2 is 1.50 bits per heavy atom. The number of carbonyl (C=O) groups excluding carboxylic acids is 2. The Bertz CT molecular complexity index is 825. The van der Waals surface area contributed by atoms with Crippen LogP contribution in [0.1, 0.15) is 55.7 Å². The molecule has 0 radical (unpaired) electrons. The van der Waals surface area contributed by atoms with Gasteiger partial charge in [0.2, 0.25) is 11.8 Å². The van der Waals surface area contributed by atoms with Crippen molar-refractivity contribution < 1.29 is 9.59 Å². The van der Waals surface area contributed by atoms with E-state index in [4.69, 9.17) is 0 Å². The summed E-state index contributed by atoms with van der Waals surface area (Å²) in [7, 11) is 0. The van der Waals surface area contributed by atoms with Crippen molar-refractivity contribution in [3.63, 3.8) is 0 Å². The van der Waals surface area contributed by atoms with E-state index in [0.717, 1.165) is 58.0 Å². The van der Waals surface area contributed by atoms with Gasteiger partial charge in [0.25, 0.3) is 0 Å². The minimum absolute atomic E-state index is 0.00795. The van der Waals surface area contributed by atoms with Crippen LogP contribution >= 0.6 is 0 Å². The fraction of sp³-hybridized carbons (Fsp3) is 0.462. The van der Waals surface area contributed by atoms with Crippen molar-refractivity contribution in [1.82, 2.24) is 10.2 Å². The van der Waals surface area contributed by atoms with Crippen LogP contribution in [0.25, 0.3) is 0 Å². The molecule has 1 saturated carbocycles. The predicted molar refractivity (Wildman–Crippen MR) is 119 cm³/mol. The third-order valence-corrected chi connectivity index (χ3v) is 6.42. The van der Waals surface area contributed by atoms with E-state index in [-0.39, 0.29) is 23.8 Å². The average molecular weight is 405 g/mol. The molecule has 2 aromatic rings. The van der Waals surface area contributed by atoms with E-state index in [1.807, 2.05) is 29.2 Å². The summed E-state index contributed by atoms with van der Waals surface area (Å²) in [6, 6.07) is 20.8. The van der Waals surface area contributed by atoms with Crippen molar-refractivity contribution in [2.45, 2.75) is 51.0 Å². The minimum Gasteiger partial charge on any atom is -0.349 e. The molecule has 0 aromatic heterocycles. The van der Waals surface area contributed by atoms with Gasteiger partial charge in [-0.05, 0) is 56.1 Å². The number of piperidine rings is 1. The maximum Gasteiger partial charge on any atom is 0.225 e. The number of rotatable bonds is 8. The molecule has 1 unspecified atom stereocenters. The number of likely N-dealkylation sites (tertiary alicyclic amines) is 1. The quantitative estimate of drug-likeness (QED) is 0.703. The minimum atomic E-state index is 0.00795. The molecule has 1 atom stereocenters. The summed E-state index contributed by atoms with van der Waals surface area (Å²) >= 11 is 0. The van der Waals surface area contributed by atoms with E-state index in [9.17, 15) is 9.59 Å². The Morgan fingerprint density at radius 1 is 0.867 bits per heavy atom. The smallest absolute Gasteiger partial charge is 0.225 e. The van der Waals surface area contributed by atoms with Gasteiger partial charge in [0.05, 0.1) is 6.04 Å². The van der Waals surface area contributed by atoms with Gasteiger partial charge in [-0.1, -0.05) is 60.7 Å². The first-order valence-corrected chi connectivity index (χ1v) is 11.4. The van der Waals surface area contributed by atoms with Crippen LogP contribution in [0.15, 0.2) is 60.7 Å². The molecule has 1 saturated heterocycles. The van der Waals surface area contributed by atoms with Gasteiger partial charge in [0.15, 0.2) is 0 Å². The number of benzene rings is 2. The van der Waals surface area contributed by atoms with Crippen molar-refractivity contribution in [3.05, 3.63) is 71.8 Å².